The van der Waals surface area contributed by atoms with Crippen molar-refractivity contribution in [1.29, 1.82) is 0 Å². The van der Waals surface area contributed by atoms with E-state index in [4.69, 9.17) is 16.7 Å². The van der Waals surface area contributed by atoms with Gasteiger partial charge >= 0.3 is 0 Å². The molecule has 10 heteroatoms. The Kier molecular flexibility index (Phi) is 6.69. The molecule has 0 saturated heterocycles. The standard InChI is InChI=1S/C18H18F2N4O3S/c1-18(22,17(19)20)14(16(26)24-27)23-15(25)11-5-2-10(3-6-11)4-7-12-8-9-13(21)28-12/h2-3,5-6,8-9,14,17,27H,21-22H2,1H3,(H,23,25)(H,24,26)/t14-,18?/m1/s1. The third-order valence-electron chi connectivity index (χ3n) is 3.84. The zero-order chi connectivity index (χ0) is 20.9. The van der Waals surface area contributed by atoms with Crippen LogP contribution in [-0.2, 0) is 4.79 Å². The Hall–Kier alpha value is -3.00. The quantitative estimate of drug-likeness (QED) is 0.289. The Bertz CT molecular complexity index is 917. The fourth-order valence-corrected chi connectivity index (χ4v) is 2.80. The predicted molar refractivity (Wildman–Crippen MR) is 101 cm³/mol. The summed E-state index contributed by atoms with van der Waals surface area (Å²) in [6, 6.07) is 7.65. The number of hydroxylamine groups is 1. The second-order valence-corrected chi connectivity index (χ2v) is 7.19. The lowest BCUT2D eigenvalue weighted by Gasteiger charge is -2.32. The highest BCUT2D eigenvalue weighted by molar-refractivity contribution is 7.16. The van der Waals surface area contributed by atoms with Crippen molar-refractivity contribution in [2.75, 3.05) is 5.73 Å². The van der Waals surface area contributed by atoms with Gasteiger partial charge in [-0.1, -0.05) is 11.8 Å². The van der Waals surface area contributed by atoms with Crippen LogP contribution in [0.4, 0.5) is 13.8 Å². The molecule has 0 aliphatic heterocycles. The number of carbonyl (C=O) groups is 2. The van der Waals surface area contributed by atoms with Crippen molar-refractivity contribution in [2.45, 2.75) is 24.9 Å². The van der Waals surface area contributed by atoms with Crippen molar-refractivity contribution < 1.29 is 23.6 Å². The summed E-state index contributed by atoms with van der Waals surface area (Å²) in [5.74, 6) is 3.77. The molecule has 0 spiro atoms. The molecule has 7 N–H and O–H groups in total. The molecule has 0 bridgehead atoms. The molecule has 2 amide bonds. The lowest BCUT2D eigenvalue weighted by molar-refractivity contribution is -0.134. The molecule has 1 aromatic heterocycles. The maximum atomic E-state index is 13.1. The van der Waals surface area contributed by atoms with Crippen LogP contribution in [0.5, 0.6) is 0 Å². The number of nitrogens with two attached hydrogens (primary N) is 2. The van der Waals surface area contributed by atoms with Crippen molar-refractivity contribution in [3.63, 3.8) is 0 Å². The zero-order valence-electron chi connectivity index (χ0n) is 14.7. The zero-order valence-corrected chi connectivity index (χ0v) is 15.5. The van der Waals surface area contributed by atoms with Gasteiger partial charge in [0.15, 0.2) is 0 Å². The van der Waals surface area contributed by atoms with Crippen LogP contribution in [0.25, 0.3) is 0 Å². The molecule has 0 saturated carbocycles. The van der Waals surface area contributed by atoms with Crippen LogP contribution in [0.1, 0.15) is 27.7 Å². The first-order valence-corrected chi connectivity index (χ1v) is 8.76. The van der Waals surface area contributed by atoms with E-state index in [-0.39, 0.29) is 5.56 Å². The molecule has 1 unspecified atom stereocenters. The minimum atomic E-state index is -3.13. The van der Waals surface area contributed by atoms with Gasteiger partial charge in [0.1, 0.15) is 11.6 Å². The number of carbonyl (C=O) groups excluding carboxylic acids is 2. The third-order valence-corrected chi connectivity index (χ3v) is 4.67. The molecule has 0 aliphatic carbocycles. The second kappa shape index (κ2) is 8.79. The van der Waals surface area contributed by atoms with E-state index < -0.39 is 29.8 Å². The van der Waals surface area contributed by atoms with Crippen LogP contribution in [0.3, 0.4) is 0 Å². The Morgan fingerprint density at radius 2 is 1.82 bits per heavy atom. The monoisotopic (exact) mass is 408 g/mol. The number of halogens is 2. The topological polar surface area (TPSA) is 130 Å². The Morgan fingerprint density at radius 1 is 1.18 bits per heavy atom. The van der Waals surface area contributed by atoms with Crippen LogP contribution in [0.15, 0.2) is 36.4 Å². The summed E-state index contributed by atoms with van der Waals surface area (Å²) in [7, 11) is 0. The van der Waals surface area contributed by atoms with Crippen molar-refractivity contribution in [3.05, 3.63) is 52.4 Å². The maximum Gasteiger partial charge on any atom is 0.268 e. The smallest absolute Gasteiger partial charge is 0.268 e. The molecule has 0 aliphatic rings. The van der Waals surface area contributed by atoms with E-state index in [1.165, 1.54) is 28.9 Å². The van der Waals surface area contributed by atoms with E-state index >= 15 is 0 Å². The normalized spacial score (nSPS) is 13.8. The van der Waals surface area contributed by atoms with Crippen molar-refractivity contribution in [3.8, 4) is 11.8 Å². The Morgan fingerprint density at radius 3 is 2.32 bits per heavy atom. The molecular formula is C18H18F2N4O3S. The Labute approximate surface area is 163 Å². The molecule has 2 atom stereocenters. The number of thiophene rings is 1. The molecule has 1 aromatic carbocycles. The number of hydrogen-bond acceptors (Lipinski definition) is 6. The van der Waals surface area contributed by atoms with Gasteiger partial charge in [-0.15, -0.1) is 11.3 Å². The van der Waals surface area contributed by atoms with Gasteiger partial charge in [0.25, 0.3) is 18.2 Å². The van der Waals surface area contributed by atoms with E-state index in [1.807, 2.05) is 0 Å². The molecule has 2 aromatic rings. The maximum absolute atomic E-state index is 13.1. The van der Waals surface area contributed by atoms with Gasteiger partial charge in [0.2, 0.25) is 0 Å². The van der Waals surface area contributed by atoms with Gasteiger partial charge in [0, 0.05) is 11.1 Å². The van der Waals surface area contributed by atoms with Crippen LogP contribution in [-0.4, -0.2) is 35.0 Å². The van der Waals surface area contributed by atoms with Gasteiger partial charge in [-0.3, -0.25) is 14.8 Å². The lowest BCUT2D eigenvalue weighted by atomic mass is 9.92. The van der Waals surface area contributed by atoms with E-state index in [0.29, 0.717) is 10.6 Å². The highest BCUT2D eigenvalue weighted by Gasteiger charge is 2.44. The molecule has 0 fully saturated rings. The number of nitrogen functional groups attached to an aromatic ring is 1. The van der Waals surface area contributed by atoms with Crippen molar-refractivity contribution in [1.82, 2.24) is 10.8 Å². The number of amides is 2. The predicted octanol–water partition coefficient (Wildman–Crippen LogP) is 1.32. The van der Waals surface area contributed by atoms with Crippen molar-refractivity contribution >= 4 is 28.2 Å². The van der Waals surface area contributed by atoms with Crippen LogP contribution in [0.2, 0.25) is 0 Å². The fraction of sp³-hybridized carbons (Fsp3) is 0.222. The molecule has 28 heavy (non-hydrogen) atoms. The average molecular weight is 408 g/mol. The molecule has 0 radical (unpaired) electrons. The molecular weight excluding hydrogens is 390 g/mol. The van der Waals surface area contributed by atoms with Gasteiger partial charge < -0.3 is 16.8 Å². The van der Waals surface area contributed by atoms with E-state index in [0.717, 1.165) is 11.8 Å². The average Bonchev–Trinajstić information content (AvgIpc) is 3.09. The molecule has 2 rings (SSSR count). The van der Waals surface area contributed by atoms with Crippen LogP contribution < -0.4 is 22.3 Å². The summed E-state index contributed by atoms with van der Waals surface area (Å²) in [5, 5.41) is 11.5. The minimum absolute atomic E-state index is 0.103. The summed E-state index contributed by atoms with van der Waals surface area (Å²) < 4.78 is 26.3. The minimum Gasteiger partial charge on any atom is -0.391 e. The van der Waals surface area contributed by atoms with Gasteiger partial charge in [-0.05, 0) is 43.3 Å². The van der Waals surface area contributed by atoms with Crippen LogP contribution in [0, 0.1) is 11.8 Å². The number of alkyl halides is 2. The van der Waals surface area contributed by atoms with E-state index in [9.17, 15) is 18.4 Å². The lowest BCUT2D eigenvalue weighted by Crippen LogP contribution is -2.66. The third kappa shape index (κ3) is 5.04. The summed E-state index contributed by atoms with van der Waals surface area (Å²) in [4.78, 5) is 24.8. The first-order valence-electron chi connectivity index (χ1n) is 7.94. The van der Waals surface area contributed by atoms with E-state index in [1.54, 1.807) is 24.3 Å². The second-order valence-electron chi connectivity index (χ2n) is 6.08. The first-order chi connectivity index (χ1) is 13.1. The fourth-order valence-electron chi connectivity index (χ4n) is 2.17. The number of benzene rings is 1. The number of rotatable bonds is 5. The summed E-state index contributed by atoms with van der Waals surface area (Å²) in [6.45, 7) is 0.897. The summed E-state index contributed by atoms with van der Waals surface area (Å²) in [5.41, 5.74) is 10.7. The van der Waals surface area contributed by atoms with Crippen LogP contribution >= 0.6 is 11.3 Å². The van der Waals surface area contributed by atoms with Gasteiger partial charge in [0.05, 0.1) is 9.88 Å². The van der Waals surface area contributed by atoms with E-state index in [2.05, 4.69) is 17.2 Å². The van der Waals surface area contributed by atoms with Gasteiger partial charge in [-0.2, -0.15) is 0 Å². The first kappa shape index (κ1) is 21.3. The molecule has 1 heterocycles. The molecule has 7 nitrogen and oxygen atoms in total. The Balaban J connectivity index is 2.15. The number of anilines is 1. The largest absolute Gasteiger partial charge is 0.391 e. The highest BCUT2D eigenvalue weighted by Crippen LogP contribution is 2.18. The SMILES string of the molecule is CC(N)(C(F)F)[C@H](NC(=O)c1ccc(C#Cc2ccc(N)s2)cc1)C(=O)NO. The molecule has 148 valence electrons. The summed E-state index contributed by atoms with van der Waals surface area (Å²) >= 11 is 1.34. The number of hydrogen-bond donors (Lipinski definition) is 5. The van der Waals surface area contributed by atoms with Crippen molar-refractivity contribution in [2.24, 2.45) is 5.73 Å². The summed E-state index contributed by atoms with van der Waals surface area (Å²) in [6.07, 6.45) is -3.13. The van der Waals surface area contributed by atoms with Gasteiger partial charge in [-0.25, -0.2) is 14.3 Å². The number of nitrogens with one attached hydrogen (secondary N) is 2. The highest BCUT2D eigenvalue weighted by atomic mass is 32.1.